The first-order valence-corrected chi connectivity index (χ1v) is 3.80. The zero-order valence-electron chi connectivity index (χ0n) is 7.20. The van der Waals surface area contributed by atoms with E-state index in [0.29, 0.717) is 10.7 Å². The Balaban J connectivity index is 3.61. The Labute approximate surface area is 75.0 Å². The SMILES string of the molecule is COc1cc(=O)n(C)c(=S)n1C. The maximum absolute atomic E-state index is 11.2. The molecule has 0 aliphatic rings. The molecule has 66 valence electrons. The quantitative estimate of drug-likeness (QED) is 0.598. The van der Waals surface area contributed by atoms with Crippen LogP contribution in [0.15, 0.2) is 10.9 Å². The highest BCUT2D eigenvalue weighted by atomic mass is 32.1. The number of nitrogens with zero attached hydrogens (tertiary/aromatic N) is 2. The molecule has 0 unspecified atom stereocenters. The van der Waals surface area contributed by atoms with Crippen LogP contribution >= 0.6 is 12.2 Å². The van der Waals surface area contributed by atoms with Crippen LogP contribution in [0.5, 0.6) is 5.88 Å². The van der Waals surface area contributed by atoms with Gasteiger partial charge in [0, 0.05) is 14.1 Å². The molecule has 1 aromatic rings. The molecule has 0 amide bonds. The van der Waals surface area contributed by atoms with E-state index in [1.807, 2.05) is 0 Å². The summed E-state index contributed by atoms with van der Waals surface area (Å²) in [4.78, 5) is 11.2. The summed E-state index contributed by atoms with van der Waals surface area (Å²) < 4.78 is 8.41. The summed E-state index contributed by atoms with van der Waals surface area (Å²) in [7, 11) is 4.88. The molecule has 0 N–H and O–H groups in total. The van der Waals surface area contributed by atoms with Crippen LogP contribution in [0.2, 0.25) is 0 Å². The lowest BCUT2D eigenvalue weighted by molar-refractivity contribution is 0.371. The van der Waals surface area contributed by atoms with Crippen LogP contribution in [0.1, 0.15) is 0 Å². The third-order valence-electron chi connectivity index (χ3n) is 1.69. The monoisotopic (exact) mass is 186 g/mol. The van der Waals surface area contributed by atoms with Crippen molar-refractivity contribution in [1.29, 1.82) is 0 Å². The van der Waals surface area contributed by atoms with Gasteiger partial charge >= 0.3 is 0 Å². The minimum Gasteiger partial charge on any atom is -0.482 e. The van der Waals surface area contributed by atoms with Gasteiger partial charge in [-0.15, -0.1) is 0 Å². The summed E-state index contributed by atoms with van der Waals surface area (Å²) in [6.45, 7) is 0. The van der Waals surface area contributed by atoms with Gasteiger partial charge in [0.05, 0.1) is 13.2 Å². The second-order valence-electron chi connectivity index (χ2n) is 2.43. The molecule has 1 heterocycles. The average molecular weight is 186 g/mol. The number of methoxy groups -OCH3 is 1. The van der Waals surface area contributed by atoms with Gasteiger partial charge in [0.1, 0.15) is 0 Å². The molecule has 0 aliphatic heterocycles. The Hall–Kier alpha value is -1.10. The molecule has 0 atom stereocenters. The third kappa shape index (κ3) is 1.27. The van der Waals surface area contributed by atoms with Crippen LogP contribution in [0.4, 0.5) is 0 Å². The molecule has 1 aromatic heterocycles. The first kappa shape index (κ1) is 8.99. The molecular formula is C7H10N2O2S. The van der Waals surface area contributed by atoms with Crippen molar-refractivity contribution in [2.24, 2.45) is 14.1 Å². The molecule has 0 fully saturated rings. The Kier molecular flexibility index (Phi) is 2.32. The second kappa shape index (κ2) is 3.10. The van der Waals surface area contributed by atoms with Gasteiger partial charge in [0.15, 0.2) is 4.77 Å². The third-order valence-corrected chi connectivity index (χ3v) is 2.24. The Bertz CT molecular complexity index is 405. The van der Waals surface area contributed by atoms with Crippen molar-refractivity contribution in [2.75, 3.05) is 7.11 Å². The van der Waals surface area contributed by atoms with Gasteiger partial charge in [-0.05, 0) is 12.2 Å². The molecule has 0 bridgehead atoms. The van der Waals surface area contributed by atoms with E-state index >= 15 is 0 Å². The summed E-state index contributed by atoms with van der Waals surface area (Å²) in [6, 6.07) is 1.40. The molecule has 0 saturated carbocycles. The summed E-state index contributed by atoms with van der Waals surface area (Å²) >= 11 is 4.98. The van der Waals surface area contributed by atoms with Gasteiger partial charge < -0.3 is 4.74 Å². The van der Waals surface area contributed by atoms with E-state index in [9.17, 15) is 4.79 Å². The highest BCUT2D eigenvalue weighted by Crippen LogP contribution is 2.04. The fraction of sp³-hybridized carbons (Fsp3) is 0.429. The van der Waals surface area contributed by atoms with E-state index in [-0.39, 0.29) is 5.56 Å². The molecule has 0 spiro atoms. The van der Waals surface area contributed by atoms with Crippen molar-refractivity contribution < 1.29 is 4.74 Å². The smallest absolute Gasteiger partial charge is 0.257 e. The normalized spacial score (nSPS) is 9.92. The van der Waals surface area contributed by atoms with Crippen LogP contribution in [0, 0.1) is 4.77 Å². The Morgan fingerprint density at radius 2 is 2.00 bits per heavy atom. The summed E-state index contributed by atoms with van der Waals surface area (Å²) in [6.07, 6.45) is 0. The molecule has 12 heavy (non-hydrogen) atoms. The maximum atomic E-state index is 11.2. The number of hydrogen-bond donors (Lipinski definition) is 0. The zero-order valence-corrected chi connectivity index (χ0v) is 8.01. The van der Waals surface area contributed by atoms with E-state index < -0.39 is 0 Å². The van der Waals surface area contributed by atoms with Gasteiger partial charge in [-0.1, -0.05) is 0 Å². The Morgan fingerprint density at radius 1 is 1.42 bits per heavy atom. The topological polar surface area (TPSA) is 36.2 Å². The lowest BCUT2D eigenvalue weighted by Gasteiger charge is -2.08. The molecule has 0 aliphatic carbocycles. The van der Waals surface area contributed by atoms with Crippen LogP contribution in [0.25, 0.3) is 0 Å². The fourth-order valence-corrected chi connectivity index (χ4v) is 1.09. The lowest BCUT2D eigenvalue weighted by Crippen LogP contribution is -2.21. The van der Waals surface area contributed by atoms with Gasteiger partial charge in [0.2, 0.25) is 5.88 Å². The van der Waals surface area contributed by atoms with Crippen molar-refractivity contribution in [3.8, 4) is 5.88 Å². The number of aromatic nitrogens is 2. The molecular weight excluding hydrogens is 176 g/mol. The minimum atomic E-state index is -0.157. The molecule has 0 radical (unpaired) electrons. The fourth-order valence-electron chi connectivity index (χ4n) is 0.909. The number of rotatable bonds is 1. The summed E-state index contributed by atoms with van der Waals surface area (Å²) in [5, 5.41) is 0. The predicted molar refractivity (Wildman–Crippen MR) is 48.0 cm³/mol. The molecule has 0 saturated heterocycles. The van der Waals surface area contributed by atoms with E-state index in [1.54, 1.807) is 18.7 Å². The van der Waals surface area contributed by atoms with Crippen LogP contribution in [-0.4, -0.2) is 16.2 Å². The van der Waals surface area contributed by atoms with Gasteiger partial charge in [-0.3, -0.25) is 13.9 Å². The molecule has 1 rings (SSSR count). The molecule has 5 heteroatoms. The zero-order chi connectivity index (χ0) is 9.30. The largest absolute Gasteiger partial charge is 0.482 e. The van der Waals surface area contributed by atoms with Crippen LogP contribution in [-0.2, 0) is 14.1 Å². The summed E-state index contributed by atoms with van der Waals surface area (Å²) in [5.74, 6) is 0.475. The lowest BCUT2D eigenvalue weighted by atomic mass is 10.6. The Morgan fingerprint density at radius 3 is 2.50 bits per heavy atom. The standard InChI is InChI=1S/C7H10N2O2S/c1-8-5(10)4-6(11-3)9(2)7(8)12/h4H,1-3H3. The highest BCUT2D eigenvalue weighted by Gasteiger charge is 2.01. The molecule has 4 nitrogen and oxygen atoms in total. The van der Waals surface area contributed by atoms with Crippen LogP contribution < -0.4 is 10.3 Å². The van der Waals surface area contributed by atoms with Crippen LogP contribution in [0.3, 0.4) is 0 Å². The van der Waals surface area contributed by atoms with Gasteiger partial charge in [-0.2, -0.15) is 0 Å². The van der Waals surface area contributed by atoms with Gasteiger partial charge in [-0.25, -0.2) is 0 Å². The van der Waals surface area contributed by atoms with E-state index in [1.165, 1.54) is 17.7 Å². The van der Waals surface area contributed by atoms with E-state index in [4.69, 9.17) is 17.0 Å². The van der Waals surface area contributed by atoms with E-state index in [2.05, 4.69) is 0 Å². The van der Waals surface area contributed by atoms with Crippen molar-refractivity contribution in [1.82, 2.24) is 9.13 Å². The van der Waals surface area contributed by atoms with Crippen molar-refractivity contribution in [3.05, 3.63) is 21.2 Å². The van der Waals surface area contributed by atoms with E-state index in [0.717, 1.165) is 0 Å². The highest BCUT2D eigenvalue weighted by molar-refractivity contribution is 7.71. The second-order valence-corrected chi connectivity index (χ2v) is 2.79. The minimum absolute atomic E-state index is 0.157. The van der Waals surface area contributed by atoms with Crippen molar-refractivity contribution >= 4 is 12.2 Å². The maximum Gasteiger partial charge on any atom is 0.257 e. The molecule has 0 aromatic carbocycles. The summed E-state index contributed by atoms with van der Waals surface area (Å²) in [5.41, 5.74) is -0.157. The first-order valence-electron chi connectivity index (χ1n) is 3.39. The number of hydrogen-bond acceptors (Lipinski definition) is 3. The average Bonchev–Trinajstić information content (AvgIpc) is 2.08. The predicted octanol–water partition coefficient (Wildman–Crippen LogP) is 0.462. The number of ether oxygens (including phenoxy) is 1. The van der Waals surface area contributed by atoms with Crippen molar-refractivity contribution in [3.63, 3.8) is 0 Å². The first-order chi connectivity index (χ1) is 5.57. The van der Waals surface area contributed by atoms with Gasteiger partial charge in [0.25, 0.3) is 5.56 Å². The van der Waals surface area contributed by atoms with Crippen molar-refractivity contribution in [2.45, 2.75) is 0 Å².